The number of aromatic amines is 1. The van der Waals surface area contributed by atoms with Gasteiger partial charge in [-0.15, -0.1) is 0 Å². The van der Waals surface area contributed by atoms with E-state index in [1.54, 1.807) is 54.6 Å². The summed E-state index contributed by atoms with van der Waals surface area (Å²) in [6, 6.07) is 39.2. The van der Waals surface area contributed by atoms with Crippen LogP contribution in [0.5, 0.6) is 0 Å². The molecule has 0 unspecified atom stereocenters. The first-order chi connectivity index (χ1) is 35.2. The lowest BCUT2D eigenvalue weighted by Crippen LogP contribution is -2.59. The standard InChI is InChI=1S/C58H45F2N3O10/c1-58(2,3)35-21-19-31(20-22-35)29-62-52(65)45-43-38-27-36(59)23-25-40(38)61-47(43)48-44(46(45)53(62)66)39-28-37(60)24-26-41(39)63(48)54-51(73-57(69)34-17-11-6-12-18-34)50(72-56(68)33-15-9-5-10-16-33)49(64)42(71-54)30-70-55(67)32-13-7-4-8-14-32/h4-28,42,49-51,54,61,64H,29-30H2,1-3H3/t42-,49+,50+,51-,54-/m1/s1. The van der Waals surface area contributed by atoms with Gasteiger partial charge in [0.15, 0.2) is 18.4 Å². The molecule has 2 N–H and O–H groups in total. The number of halogens is 2. The normalized spacial score (nSPS) is 18.9. The Morgan fingerprint density at radius 1 is 0.658 bits per heavy atom. The molecule has 0 radical (unpaired) electrons. The number of fused-ring (bicyclic) bond motifs is 10. The first kappa shape index (κ1) is 46.8. The van der Waals surface area contributed by atoms with Crippen molar-refractivity contribution in [2.75, 3.05) is 6.61 Å². The van der Waals surface area contributed by atoms with Gasteiger partial charge in [0.25, 0.3) is 11.8 Å². The maximum absolute atomic E-state index is 15.9. The molecule has 9 aromatic rings. The Labute approximate surface area is 415 Å². The van der Waals surface area contributed by atoms with Crippen molar-refractivity contribution in [1.29, 1.82) is 0 Å². The van der Waals surface area contributed by atoms with E-state index < -0.39 is 78.6 Å². The van der Waals surface area contributed by atoms with Gasteiger partial charge in [-0.05, 0) is 89.3 Å². The van der Waals surface area contributed by atoms with Gasteiger partial charge in [0.1, 0.15) is 30.4 Å². The van der Waals surface area contributed by atoms with Gasteiger partial charge in [-0.1, -0.05) is 99.6 Å². The molecule has 0 spiro atoms. The number of aromatic nitrogens is 2. The minimum atomic E-state index is -1.84. The third-order valence-corrected chi connectivity index (χ3v) is 13.6. The summed E-state index contributed by atoms with van der Waals surface area (Å²) in [4.78, 5) is 76.7. The highest BCUT2D eigenvalue weighted by Crippen LogP contribution is 2.48. The minimum absolute atomic E-state index is 0.0496. The van der Waals surface area contributed by atoms with E-state index in [0.29, 0.717) is 11.1 Å². The number of imide groups is 1. The van der Waals surface area contributed by atoms with Gasteiger partial charge in [-0.25, -0.2) is 23.2 Å². The first-order valence-electron chi connectivity index (χ1n) is 23.6. The van der Waals surface area contributed by atoms with Crippen LogP contribution in [0.1, 0.15) is 89.9 Å². The highest BCUT2D eigenvalue weighted by Gasteiger charge is 2.53. The number of H-pyrrole nitrogens is 1. The van der Waals surface area contributed by atoms with Crippen LogP contribution in [0.25, 0.3) is 43.6 Å². The number of hydrogen-bond acceptors (Lipinski definition) is 10. The molecule has 5 atom stereocenters. The molecule has 1 saturated heterocycles. The van der Waals surface area contributed by atoms with E-state index in [4.69, 9.17) is 18.9 Å². The van der Waals surface area contributed by atoms with Crippen molar-refractivity contribution in [2.45, 2.75) is 63.4 Å². The predicted molar refractivity (Wildman–Crippen MR) is 266 cm³/mol. The highest BCUT2D eigenvalue weighted by atomic mass is 19.1. The topological polar surface area (TPSA) is 166 Å². The van der Waals surface area contributed by atoms with Gasteiger partial charge in [0.05, 0.1) is 50.9 Å². The fraction of sp³-hybridized carbons (Fsp3) is 0.190. The van der Waals surface area contributed by atoms with Crippen LogP contribution in [0.2, 0.25) is 0 Å². The molecule has 2 amide bonds. The zero-order chi connectivity index (χ0) is 50.9. The lowest BCUT2D eigenvalue weighted by atomic mass is 9.87. The molecule has 11 rings (SSSR count). The molecule has 15 heteroatoms. The highest BCUT2D eigenvalue weighted by molar-refractivity contribution is 6.39. The second kappa shape index (κ2) is 18.3. The van der Waals surface area contributed by atoms with Crippen molar-refractivity contribution >= 4 is 73.3 Å². The predicted octanol–water partition coefficient (Wildman–Crippen LogP) is 10.4. The molecule has 2 aliphatic heterocycles. The summed E-state index contributed by atoms with van der Waals surface area (Å²) in [5.41, 5.74) is 2.60. The Balaban J connectivity index is 1.16. The number of ether oxygens (including phenoxy) is 4. The molecule has 1 fully saturated rings. The number of aliphatic hydroxyl groups excluding tert-OH is 1. The average molecular weight is 982 g/mol. The second-order valence-electron chi connectivity index (χ2n) is 19.2. The number of nitrogens with zero attached hydrogens (tertiary/aromatic N) is 2. The van der Waals surface area contributed by atoms with Crippen molar-refractivity contribution in [3.8, 4) is 0 Å². The summed E-state index contributed by atoms with van der Waals surface area (Å²) in [5.74, 6) is -5.32. The second-order valence-corrected chi connectivity index (χ2v) is 19.2. The smallest absolute Gasteiger partial charge is 0.338 e. The zero-order valence-corrected chi connectivity index (χ0v) is 39.5. The number of amides is 2. The molecular weight excluding hydrogens is 937 g/mol. The van der Waals surface area contributed by atoms with Gasteiger partial charge >= 0.3 is 17.9 Å². The summed E-state index contributed by atoms with van der Waals surface area (Å²) >= 11 is 0. The SMILES string of the molecule is CC(C)(C)c1ccc(CN2C(=O)c3c(c4c5cc(F)ccc5n([C@@H]5O[C@H](COC(=O)c6ccccc6)[C@H](O)[C@H](OC(=O)c6ccccc6)[C@H]5OC(=O)c5ccccc5)c4c4[nH]c5ccc(F)cc5c34)C2=O)cc1. The van der Waals surface area contributed by atoms with Crippen molar-refractivity contribution < 1.29 is 56.8 Å². The van der Waals surface area contributed by atoms with E-state index in [1.165, 1.54) is 77.4 Å². The van der Waals surface area contributed by atoms with Gasteiger partial charge < -0.3 is 33.6 Å². The van der Waals surface area contributed by atoms with Crippen LogP contribution in [0, 0.1) is 11.6 Å². The Hall–Kier alpha value is -8.53. The van der Waals surface area contributed by atoms with Crippen molar-refractivity contribution in [1.82, 2.24) is 14.5 Å². The van der Waals surface area contributed by atoms with Gasteiger partial charge in [-0.2, -0.15) is 0 Å². The number of aliphatic hydroxyl groups is 1. The first-order valence-corrected chi connectivity index (χ1v) is 23.6. The minimum Gasteiger partial charge on any atom is -0.459 e. The number of rotatable bonds is 10. The maximum atomic E-state index is 15.9. The summed E-state index contributed by atoms with van der Waals surface area (Å²) in [5, 5.41) is 13.0. The van der Waals surface area contributed by atoms with Crippen molar-refractivity contribution in [2.24, 2.45) is 0 Å². The van der Waals surface area contributed by atoms with Gasteiger partial charge in [0, 0.05) is 27.1 Å². The number of esters is 3. The molecule has 0 bridgehead atoms. The van der Waals surface area contributed by atoms with Crippen LogP contribution in [0.4, 0.5) is 8.78 Å². The molecule has 13 nitrogen and oxygen atoms in total. The third kappa shape index (κ3) is 8.25. The quantitative estimate of drug-likeness (QED) is 0.0765. The lowest BCUT2D eigenvalue weighted by molar-refractivity contribution is -0.248. The maximum Gasteiger partial charge on any atom is 0.338 e. The van der Waals surface area contributed by atoms with Gasteiger partial charge in [-0.3, -0.25) is 14.5 Å². The molecule has 2 aromatic heterocycles. The number of carbonyl (C=O) groups excluding carboxylic acids is 5. The van der Waals surface area contributed by atoms with Crippen LogP contribution in [-0.4, -0.2) is 80.3 Å². The third-order valence-electron chi connectivity index (χ3n) is 13.6. The van der Waals surface area contributed by atoms with E-state index in [2.05, 4.69) is 25.8 Å². The molecule has 366 valence electrons. The van der Waals surface area contributed by atoms with E-state index in [9.17, 15) is 19.5 Å². The molecule has 7 aromatic carbocycles. The molecular formula is C58H45F2N3O10. The monoisotopic (exact) mass is 981 g/mol. The number of benzene rings is 7. The Morgan fingerprint density at radius 2 is 1.19 bits per heavy atom. The Bertz CT molecular complexity index is 3680. The van der Waals surface area contributed by atoms with Crippen LogP contribution >= 0.6 is 0 Å². The van der Waals surface area contributed by atoms with Crippen LogP contribution in [0.15, 0.2) is 152 Å². The van der Waals surface area contributed by atoms with Crippen LogP contribution in [0.3, 0.4) is 0 Å². The van der Waals surface area contributed by atoms with Crippen molar-refractivity contribution in [3.05, 3.63) is 202 Å². The van der Waals surface area contributed by atoms with E-state index in [-0.39, 0.29) is 77.9 Å². The molecule has 2 aliphatic rings. The summed E-state index contributed by atoms with van der Waals surface area (Å²) in [7, 11) is 0. The van der Waals surface area contributed by atoms with Crippen LogP contribution in [-0.2, 0) is 30.9 Å². The summed E-state index contributed by atoms with van der Waals surface area (Å²) < 4.78 is 58.0. The van der Waals surface area contributed by atoms with Gasteiger partial charge in [0.2, 0.25) is 0 Å². The Kier molecular flexibility index (Phi) is 11.7. The summed E-state index contributed by atoms with van der Waals surface area (Å²) in [6.45, 7) is 5.45. The van der Waals surface area contributed by atoms with E-state index in [1.807, 2.05) is 24.3 Å². The fourth-order valence-corrected chi connectivity index (χ4v) is 9.99. The molecule has 4 heterocycles. The van der Waals surface area contributed by atoms with E-state index >= 15 is 18.4 Å². The Morgan fingerprint density at radius 3 is 1.78 bits per heavy atom. The number of hydrogen-bond donors (Lipinski definition) is 2. The summed E-state index contributed by atoms with van der Waals surface area (Å²) in [6.07, 6.45) is -8.54. The largest absolute Gasteiger partial charge is 0.459 e. The fourth-order valence-electron chi connectivity index (χ4n) is 9.99. The van der Waals surface area contributed by atoms with Crippen LogP contribution < -0.4 is 0 Å². The lowest BCUT2D eigenvalue weighted by Gasteiger charge is -2.44. The molecule has 0 saturated carbocycles. The van der Waals surface area contributed by atoms with Crippen molar-refractivity contribution in [3.63, 3.8) is 0 Å². The molecule has 73 heavy (non-hydrogen) atoms. The van der Waals surface area contributed by atoms with E-state index in [0.717, 1.165) is 10.5 Å². The zero-order valence-electron chi connectivity index (χ0n) is 39.5. The number of nitrogens with one attached hydrogen (secondary N) is 1. The molecule has 0 aliphatic carbocycles. The number of carbonyl (C=O) groups is 5. The average Bonchev–Trinajstić information content (AvgIpc) is 4.01.